The van der Waals surface area contributed by atoms with Crippen LogP contribution in [-0.2, 0) is 11.2 Å². The summed E-state index contributed by atoms with van der Waals surface area (Å²) in [5.41, 5.74) is 2.89. The SMILES string of the molecule is CC(=O)NCC1CCCc2ccccc21. The largest absolute Gasteiger partial charge is 0.356 e. The fraction of sp³-hybridized carbons (Fsp3) is 0.462. The quantitative estimate of drug-likeness (QED) is 0.784. The molecule has 15 heavy (non-hydrogen) atoms. The fourth-order valence-corrected chi connectivity index (χ4v) is 2.33. The van der Waals surface area contributed by atoms with Crippen molar-refractivity contribution in [1.29, 1.82) is 0 Å². The lowest BCUT2D eigenvalue weighted by molar-refractivity contribution is -0.119. The molecular formula is C13H17NO. The van der Waals surface area contributed by atoms with Gasteiger partial charge in [-0.05, 0) is 30.4 Å². The Labute approximate surface area is 90.7 Å². The molecule has 1 unspecified atom stereocenters. The van der Waals surface area contributed by atoms with Crippen LogP contribution in [0.5, 0.6) is 0 Å². The third-order valence-corrected chi connectivity index (χ3v) is 3.09. The van der Waals surface area contributed by atoms with E-state index in [1.807, 2.05) is 0 Å². The first-order valence-electron chi connectivity index (χ1n) is 5.59. The molecule has 1 aliphatic rings. The molecule has 2 nitrogen and oxygen atoms in total. The number of aryl methyl sites for hydroxylation is 1. The summed E-state index contributed by atoms with van der Waals surface area (Å²) in [7, 11) is 0. The predicted octanol–water partition coefficient (Wildman–Crippen LogP) is 2.24. The van der Waals surface area contributed by atoms with Crippen molar-refractivity contribution in [2.45, 2.75) is 32.1 Å². The van der Waals surface area contributed by atoms with E-state index < -0.39 is 0 Å². The van der Waals surface area contributed by atoms with E-state index in [2.05, 4.69) is 29.6 Å². The normalized spacial score (nSPS) is 19.4. The van der Waals surface area contributed by atoms with Gasteiger partial charge < -0.3 is 5.32 Å². The van der Waals surface area contributed by atoms with Crippen LogP contribution in [0.3, 0.4) is 0 Å². The first kappa shape index (κ1) is 10.2. The van der Waals surface area contributed by atoms with Crippen molar-refractivity contribution in [3.63, 3.8) is 0 Å². The molecule has 1 amide bonds. The summed E-state index contributed by atoms with van der Waals surface area (Å²) in [6.07, 6.45) is 3.62. The first-order chi connectivity index (χ1) is 7.27. The minimum absolute atomic E-state index is 0.0676. The minimum Gasteiger partial charge on any atom is -0.356 e. The van der Waals surface area contributed by atoms with E-state index in [-0.39, 0.29) is 5.91 Å². The summed E-state index contributed by atoms with van der Waals surface area (Å²) in [6.45, 7) is 2.36. The van der Waals surface area contributed by atoms with Gasteiger partial charge in [0.25, 0.3) is 0 Å². The van der Waals surface area contributed by atoms with Crippen LogP contribution in [0.4, 0.5) is 0 Å². The monoisotopic (exact) mass is 203 g/mol. The highest BCUT2D eigenvalue weighted by molar-refractivity contribution is 5.72. The first-order valence-corrected chi connectivity index (χ1v) is 5.59. The topological polar surface area (TPSA) is 29.1 Å². The van der Waals surface area contributed by atoms with Gasteiger partial charge in [0.05, 0.1) is 0 Å². The van der Waals surface area contributed by atoms with Crippen LogP contribution < -0.4 is 5.32 Å². The van der Waals surface area contributed by atoms with E-state index in [1.54, 1.807) is 6.92 Å². The molecule has 0 fully saturated rings. The third-order valence-electron chi connectivity index (χ3n) is 3.09. The maximum Gasteiger partial charge on any atom is 0.216 e. The van der Waals surface area contributed by atoms with Gasteiger partial charge in [-0.2, -0.15) is 0 Å². The average Bonchev–Trinajstić information content (AvgIpc) is 2.26. The van der Waals surface area contributed by atoms with Gasteiger partial charge in [0, 0.05) is 19.4 Å². The molecule has 1 aliphatic carbocycles. The maximum atomic E-state index is 10.9. The number of rotatable bonds is 2. The molecule has 0 radical (unpaired) electrons. The number of hydrogen-bond donors (Lipinski definition) is 1. The molecular weight excluding hydrogens is 186 g/mol. The molecule has 1 atom stereocenters. The van der Waals surface area contributed by atoms with E-state index >= 15 is 0 Å². The third kappa shape index (κ3) is 2.38. The number of benzene rings is 1. The van der Waals surface area contributed by atoms with Crippen LogP contribution in [0.1, 0.15) is 36.8 Å². The average molecular weight is 203 g/mol. The summed E-state index contributed by atoms with van der Waals surface area (Å²) < 4.78 is 0. The number of hydrogen-bond acceptors (Lipinski definition) is 1. The second-order valence-corrected chi connectivity index (χ2v) is 4.23. The van der Waals surface area contributed by atoms with E-state index in [1.165, 1.54) is 30.4 Å². The van der Waals surface area contributed by atoms with Gasteiger partial charge in [-0.25, -0.2) is 0 Å². The van der Waals surface area contributed by atoms with Gasteiger partial charge in [-0.3, -0.25) is 4.79 Å². The van der Waals surface area contributed by atoms with Crippen molar-refractivity contribution in [3.05, 3.63) is 35.4 Å². The smallest absolute Gasteiger partial charge is 0.216 e. The number of carbonyl (C=O) groups excluding carboxylic acids is 1. The van der Waals surface area contributed by atoms with Crippen LogP contribution in [0, 0.1) is 0 Å². The molecule has 0 aromatic heterocycles. The molecule has 0 spiro atoms. The van der Waals surface area contributed by atoms with E-state index in [9.17, 15) is 4.79 Å². The highest BCUT2D eigenvalue weighted by Crippen LogP contribution is 2.30. The molecule has 80 valence electrons. The zero-order chi connectivity index (χ0) is 10.7. The standard InChI is InChI=1S/C13H17NO/c1-10(15)14-9-12-7-4-6-11-5-2-3-8-13(11)12/h2-3,5,8,12H,4,6-7,9H2,1H3,(H,14,15). The second kappa shape index (κ2) is 4.47. The van der Waals surface area contributed by atoms with Crippen molar-refractivity contribution in [1.82, 2.24) is 5.32 Å². The number of carbonyl (C=O) groups is 1. The molecule has 2 rings (SSSR count). The van der Waals surface area contributed by atoms with Crippen molar-refractivity contribution < 1.29 is 4.79 Å². The second-order valence-electron chi connectivity index (χ2n) is 4.23. The Hall–Kier alpha value is -1.31. The lowest BCUT2D eigenvalue weighted by Gasteiger charge is -2.25. The Morgan fingerprint density at radius 1 is 1.47 bits per heavy atom. The molecule has 0 bridgehead atoms. The minimum atomic E-state index is 0.0676. The van der Waals surface area contributed by atoms with E-state index in [0.29, 0.717) is 5.92 Å². The summed E-state index contributed by atoms with van der Waals surface area (Å²) in [5, 5.41) is 2.92. The number of nitrogens with one attached hydrogen (secondary N) is 1. The maximum absolute atomic E-state index is 10.9. The van der Waals surface area contributed by atoms with Gasteiger partial charge in [-0.1, -0.05) is 24.3 Å². The summed E-state index contributed by atoms with van der Waals surface area (Å²) >= 11 is 0. The van der Waals surface area contributed by atoms with Crippen LogP contribution in [0.15, 0.2) is 24.3 Å². The van der Waals surface area contributed by atoms with Crippen LogP contribution >= 0.6 is 0 Å². The predicted molar refractivity (Wildman–Crippen MR) is 60.8 cm³/mol. The zero-order valence-electron chi connectivity index (χ0n) is 9.12. The van der Waals surface area contributed by atoms with E-state index in [4.69, 9.17) is 0 Å². The summed E-state index contributed by atoms with van der Waals surface area (Å²) in [5.74, 6) is 0.580. The molecule has 1 aromatic carbocycles. The van der Waals surface area contributed by atoms with Crippen molar-refractivity contribution in [3.8, 4) is 0 Å². The van der Waals surface area contributed by atoms with Crippen LogP contribution in [-0.4, -0.2) is 12.5 Å². The van der Waals surface area contributed by atoms with Crippen molar-refractivity contribution in [2.24, 2.45) is 0 Å². The molecule has 1 aromatic rings. The summed E-state index contributed by atoms with van der Waals surface area (Å²) in [4.78, 5) is 10.9. The van der Waals surface area contributed by atoms with Gasteiger partial charge in [0.2, 0.25) is 5.91 Å². The van der Waals surface area contributed by atoms with E-state index in [0.717, 1.165) is 6.54 Å². The highest BCUT2D eigenvalue weighted by atomic mass is 16.1. The van der Waals surface area contributed by atoms with Crippen molar-refractivity contribution in [2.75, 3.05) is 6.54 Å². The lowest BCUT2D eigenvalue weighted by Crippen LogP contribution is -2.27. The molecule has 0 aliphatic heterocycles. The van der Waals surface area contributed by atoms with Gasteiger partial charge >= 0.3 is 0 Å². The number of fused-ring (bicyclic) bond motifs is 1. The van der Waals surface area contributed by atoms with Gasteiger partial charge in [-0.15, -0.1) is 0 Å². The fourth-order valence-electron chi connectivity index (χ4n) is 2.33. The van der Waals surface area contributed by atoms with Gasteiger partial charge in [0.1, 0.15) is 0 Å². The lowest BCUT2D eigenvalue weighted by atomic mass is 9.83. The van der Waals surface area contributed by atoms with Crippen LogP contribution in [0.2, 0.25) is 0 Å². The number of amides is 1. The summed E-state index contributed by atoms with van der Waals surface area (Å²) in [6, 6.07) is 8.58. The Morgan fingerprint density at radius 2 is 2.27 bits per heavy atom. The molecule has 0 saturated carbocycles. The molecule has 2 heteroatoms. The molecule has 1 N–H and O–H groups in total. The Kier molecular flexibility index (Phi) is 3.05. The molecule has 0 heterocycles. The Balaban J connectivity index is 2.11. The molecule has 0 saturated heterocycles. The highest BCUT2D eigenvalue weighted by Gasteiger charge is 2.19. The van der Waals surface area contributed by atoms with Gasteiger partial charge in [0.15, 0.2) is 0 Å². The Bertz CT molecular complexity index is 359. The van der Waals surface area contributed by atoms with Crippen LogP contribution in [0.25, 0.3) is 0 Å². The zero-order valence-corrected chi connectivity index (χ0v) is 9.12. The Morgan fingerprint density at radius 3 is 3.07 bits per heavy atom. The van der Waals surface area contributed by atoms with Crippen molar-refractivity contribution >= 4 is 5.91 Å².